The average Bonchev–Trinajstić information content (AvgIpc) is 3.29. The van der Waals surface area contributed by atoms with Gasteiger partial charge in [-0.15, -0.1) is 0 Å². The van der Waals surface area contributed by atoms with Gasteiger partial charge in [-0.25, -0.2) is 9.97 Å². The topological polar surface area (TPSA) is 89.1 Å². The molecule has 5 rings (SSSR count). The molecule has 166 valence electrons. The summed E-state index contributed by atoms with van der Waals surface area (Å²) in [5, 5.41) is 3.51. The van der Waals surface area contributed by atoms with E-state index in [-0.39, 0.29) is 5.91 Å². The highest BCUT2D eigenvalue weighted by Crippen LogP contribution is 2.33. The summed E-state index contributed by atoms with van der Waals surface area (Å²) in [6.45, 7) is 0.956. The first-order valence-corrected chi connectivity index (χ1v) is 10.9. The number of amides is 1. The molecule has 0 radical (unpaired) electrons. The maximum Gasteiger partial charge on any atom is 0.253 e. The van der Waals surface area contributed by atoms with E-state index >= 15 is 0 Å². The summed E-state index contributed by atoms with van der Waals surface area (Å²) in [7, 11) is 1.59. The second kappa shape index (κ2) is 8.96. The van der Waals surface area contributed by atoms with Crippen LogP contribution in [-0.4, -0.2) is 34.5 Å². The van der Waals surface area contributed by atoms with Gasteiger partial charge in [-0.3, -0.25) is 4.79 Å². The van der Waals surface area contributed by atoms with E-state index in [2.05, 4.69) is 15.3 Å². The SMILES string of the molecule is COc1cc(-c2nccc(-c3cc4c([nH]3)CCNC4=O)n2)ccc1OCc1ccccc1Cl. The average molecular weight is 461 g/mol. The monoisotopic (exact) mass is 460 g/mol. The number of hydrogen-bond acceptors (Lipinski definition) is 5. The molecule has 0 saturated heterocycles. The molecule has 2 N–H and O–H groups in total. The minimum Gasteiger partial charge on any atom is -0.493 e. The standard InChI is InChI=1S/C25H21ClN4O3/c1-32-23-12-15(6-7-22(23)33-14-16-4-2-3-5-18(16)26)24-27-10-9-20(30-24)21-13-17-19(29-21)8-11-28-25(17)31/h2-7,9-10,12-13,29H,8,11,14H2,1H3,(H,28,31). The molecule has 0 bridgehead atoms. The number of fused-ring (bicyclic) bond motifs is 1. The Hall–Kier alpha value is -3.84. The van der Waals surface area contributed by atoms with E-state index < -0.39 is 0 Å². The molecule has 1 aliphatic rings. The molecule has 0 saturated carbocycles. The summed E-state index contributed by atoms with van der Waals surface area (Å²) in [5.74, 6) is 1.64. The fourth-order valence-corrected chi connectivity index (χ4v) is 3.97. The Balaban J connectivity index is 1.41. The third-order valence-corrected chi connectivity index (χ3v) is 5.87. The molecule has 1 aliphatic heterocycles. The second-order valence-corrected chi connectivity index (χ2v) is 8.00. The highest BCUT2D eigenvalue weighted by Gasteiger charge is 2.20. The van der Waals surface area contributed by atoms with Gasteiger partial charge in [0.15, 0.2) is 17.3 Å². The number of halogens is 1. The summed E-state index contributed by atoms with van der Waals surface area (Å²) in [5.41, 5.74) is 4.76. The van der Waals surface area contributed by atoms with E-state index in [9.17, 15) is 4.79 Å². The molecule has 7 nitrogen and oxygen atoms in total. The van der Waals surface area contributed by atoms with Crippen molar-refractivity contribution in [2.75, 3.05) is 13.7 Å². The summed E-state index contributed by atoms with van der Waals surface area (Å²) >= 11 is 6.22. The van der Waals surface area contributed by atoms with Crippen LogP contribution >= 0.6 is 11.6 Å². The molecule has 8 heteroatoms. The number of carbonyl (C=O) groups is 1. The summed E-state index contributed by atoms with van der Waals surface area (Å²) in [6, 6.07) is 16.8. The lowest BCUT2D eigenvalue weighted by molar-refractivity contribution is 0.0946. The number of carbonyl (C=O) groups excluding carboxylic acids is 1. The lowest BCUT2D eigenvalue weighted by atomic mass is 10.1. The smallest absolute Gasteiger partial charge is 0.253 e. The zero-order valence-electron chi connectivity index (χ0n) is 17.9. The van der Waals surface area contributed by atoms with E-state index in [0.717, 1.165) is 28.9 Å². The molecule has 2 aromatic heterocycles. The quantitative estimate of drug-likeness (QED) is 0.436. The maximum atomic E-state index is 12.1. The number of methoxy groups -OCH3 is 1. The minimum atomic E-state index is -0.0647. The van der Waals surface area contributed by atoms with Crippen molar-refractivity contribution in [1.82, 2.24) is 20.3 Å². The molecular weight excluding hydrogens is 440 g/mol. The number of H-pyrrole nitrogens is 1. The lowest BCUT2D eigenvalue weighted by Crippen LogP contribution is -2.31. The van der Waals surface area contributed by atoms with Crippen molar-refractivity contribution in [2.45, 2.75) is 13.0 Å². The van der Waals surface area contributed by atoms with Crippen molar-refractivity contribution < 1.29 is 14.3 Å². The van der Waals surface area contributed by atoms with Crippen molar-refractivity contribution in [3.05, 3.63) is 82.6 Å². The first-order chi connectivity index (χ1) is 16.1. The number of aromatic amines is 1. The van der Waals surface area contributed by atoms with Crippen molar-refractivity contribution in [2.24, 2.45) is 0 Å². The van der Waals surface area contributed by atoms with Crippen LogP contribution in [0.1, 0.15) is 21.6 Å². The van der Waals surface area contributed by atoms with Crippen LogP contribution in [0.3, 0.4) is 0 Å². The number of nitrogens with one attached hydrogen (secondary N) is 2. The van der Waals surface area contributed by atoms with Gasteiger partial charge in [0.05, 0.1) is 24.1 Å². The molecule has 0 atom stereocenters. The van der Waals surface area contributed by atoms with Gasteiger partial charge in [0.25, 0.3) is 5.91 Å². The summed E-state index contributed by atoms with van der Waals surface area (Å²) in [4.78, 5) is 24.5. The largest absolute Gasteiger partial charge is 0.493 e. The van der Waals surface area contributed by atoms with Crippen LogP contribution in [0, 0.1) is 0 Å². The fraction of sp³-hybridized carbons (Fsp3) is 0.160. The number of rotatable bonds is 6. The zero-order chi connectivity index (χ0) is 22.8. The van der Waals surface area contributed by atoms with Gasteiger partial charge in [-0.05, 0) is 36.4 Å². The van der Waals surface area contributed by atoms with E-state index in [0.29, 0.717) is 46.8 Å². The van der Waals surface area contributed by atoms with E-state index in [1.807, 2.05) is 54.6 Å². The van der Waals surface area contributed by atoms with Crippen molar-refractivity contribution in [3.63, 3.8) is 0 Å². The molecule has 3 heterocycles. The van der Waals surface area contributed by atoms with Gasteiger partial charge in [-0.1, -0.05) is 29.8 Å². The van der Waals surface area contributed by atoms with Crippen LogP contribution < -0.4 is 14.8 Å². The van der Waals surface area contributed by atoms with E-state index in [4.69, 9.17) is 26.1 Å². The lowest BCUT2D eigenvalue weighted by Gasteiger charge is -2.13. The molecule has 4 aromatic rings. The fourth-order valence-electron chi connectivity index (χ4n) is 3.78. The second-order valence-electron chi connectivity index (χ2n) is 7.59. The molecule has 0 unspecified atom stereocenters. The Bertz CT molecular complexity index is 1330. The van der Waals surface area contributed by atoms with Crippen LogP contribution in [0.15, 0.2) is 60.8 Å². The van der Waals surface area contributed by atoms with Crippen LogP contribution in [0.2, 0.25) is 5.02 Å². The van der Waals surface area contributed by atoms with Gasteiger partial charge >= 0.3 is 0 Å². The Labute approximate surface area is 195 Å². The normalized spacial score (nSPS) is 12.7. The van der Waals surface area contributed by atoms with Gasteiger partial charge < -0.3 is 19.8 Å². The number of benzene rings is 2. The number of hydrogen-bond donors (Lipinski definition) is 2. The Kier molecular flexibility index (Phi) is 5.71. The van der Waals surface area contributed by atoms with Gasteiger partial charge in [0.2, 0.25) is 0 Å². The molecular formula is C25H21ClN4O3. The van der Waals surface area contributed by atoms with E-state index in [1.54, 1.807) is 13.3 Å². The first kappa shape index (κ1) is 21.0. The zero-order valence-corrected chi connectivity index (χ0v) is 18.6. The Morgan fingerprint density at radius 1 is 1.09 bits per heavy atom. The molecule has 0 fully saturated rings. The van der Waals surface area contributed by atoms with Gasteiger partial charge in [0, 0.05) is 41.0 Å². The third-order valence-electron chi connectivity index (χ3n) is 5.50. The van der Waals surface area contributed by atoms with Crippen LogP contribution in [0.25, 0.3) is 22.8 Å². The minimum absolute atomic E-state index is 0.0647. The molecule has 2 aromatic carbocycles. The number of ether oxygens (including phenoxy) is 2. The van der Waals surface area contributed by atoms with Crippen molar-refractivity contribution in [1.29, 1.82) is 0 Å². The van der Waals surface area contributed by atoms with Crippen molar-refractivity contribution >= 4 is 17.5 Å². The number of nitrogens with zero attached hydrogens (tertiary/aromatic N) is 2. The van der Waals surface area contributed by atoms with Crippen LogP contribution in [0.5, 0.6) is 11.5 Å². The highest BCUT2D eigenvalue weighted by atomic mass is 35.5. The Morgan fingerprint density at radius 2 is 1.97 bits per heavy atom. The number of aromatic nitrogens is 3. The predicted octanol–water partition coefficient (Wildman–Crippen LogP) is 4.67. The maximum absolute atomic E-state index is 12.1. The third kappa shape index (κ3) is 4.27. The highest BCUT2D eigenvalue weighted by molar-refractivity contribution is 6.31. The predicted molar refractivity (Wildman–Crippen MR) is 126 cm³/mol. The molecule has 0 aliphatic carbocycles. The molecule has 0 spiro atoms. The van der Waals surface area contributed by atoms with Gasteiger partial charge in [0.1, 0.15) is 6.61 Å². The summed E-state index contributed by atoms with van der Waals surface area (Å²) in [6.07, 6.45) is 2.47. The van der Waals surface area contributed by atoms with Crippen molar-refractivity contribution in [3.8, 4) is 34.3 Å². The van der Waals surface area contributed by atoms with Crippen LogP contribution in [0.4, 0.5) is 0 Å². The molecule has 33 heavy (non-hydrogen) atoms. The first-order valence-electron chi connectivity index (χ1n) is 10.5. The Morgan fingerprint density at radius 3 is 2.79 bits per heavy atom. The van der Waals surface area contributed by atoms with E-state index in [1.165, 1.54) is 0 Å². The molecule has 1 amide bonds. The van der Waals surface area contributed by atoms with Gasteiger partial charge in [-0.2, -0.15) is 0 Å². The summed E-state index contributed by atoms with van der Waals surface area (Å²) < 4.78 is 11.5. The van der Waals surface area contributed by atoms with Crippen LogP contribution in [-0.2, 0) is 13.0 Å².